The highest BCUT2D eigenvalue weighted by molar-refractivity contribution is 7.98. The molecule has 0 saturated carbocycles. The van der Waals surface area contributed by atoms with Gasteiger partial charge in [-0.25, -0.2) is 13.1 Å². The highest BCUT2D eigenvalue weighted by Crippen LogP contribution is 2.33. The second-order valence-electron chi connectivity index (χ2n) is 10.9. The summed E-state index contributed by atoms with van der Waals surface area (Å²) < 4.78 is 28.1. The minimum atomic E-state index is -3.65. The standard InChI is InChI=1S/C31H38N4O4S2/c1-5-33-41(38,39)28-9-7-6-8-25(28)22-12-10-21(11-13-22)20-35-27-17-15-24(40-4)18-23(27)14-16-26(30(35)37)34-29(36)19-31(2,3)32/h6-13,15,17-18,26,33H,5,14,16,19-20,32H2,1-4H3,(H,34,36)/t26-/m1/s1. The van der Waals surface area contributed by atoms with Gasteiger partial charge in [0.2, 0.25) is 21.8 Å². The Bertz CT molecular complexity index is 1520. The molecule has 1 heterocycles. The largest absolute Gasteiger partial charge is 0.344 e. The molecule has 41 heavy (non-hydrogen) atoms. The third-order valence-corrected chi connectivity index (χ3v) is 9.24. The summed E-state index contributed by atoms with van der Waals surface area (Å²) in [4.78, 5) is 29.7. The predicted molar refractivity (Wildman–Crippen MR) is 165 cm³/mol. The molecule has 0 radical (unpaired) electrons. The van der Waals surface area contributed by atoms with E-state index in [9.17, 15) is 18.0 Å². The molecule has 0 bridgehead atoms. The van der Waals surface area contributed by atoms with E-state index in [0.717, 1.165) is 27.3 Å². The van der Waals surface area contributed by atoms with Gasteiger partial charge in [0.05, 0.1) is 11.4 Å². The number of nitrogens with two attached hydrogens (primary N) is 1. The summed E-state index contributed by atoms with van der Waals surface area (Å²) in [6.07, 6.45) is 3.28. The zero-order valence-electron chi connectivity index (χ0n) is 23.9. The van der Waals surface area contributed by atoms with Crippen molar-refractivity contribution in [2.24, 2.45) is 5.73 Å². The number of rotatable bonds is 10. The van der Waals surface area contributed by atoms with Crippen LogP contribution in [0.25, 0.3) is 11.1 Å². The smallest absolute Gasteiger partial charge is 0.249 e. The number of fused-ring (bicyclic) bond motifs is 1. The molecule has 4 rings (SSSR count). The molecule has 218 valence electrons. The molecule has 0 aliphatic carbocycles. The Morgan fingerprint density at radius 3 is 2.46 bits per heavy atom. The summed E-state index contributed by atoms with van der Waals surface area (Å²) in [6, 6.07) is 19.9. The lowest BCUT2D eigenvalue weighted by molar-refractivity contribution is -0.128. The van der Waals surface area contributed by atoms with Crippen LogP contribution in [0, 0.1) is 0 Å². The van der Waals surface area contributed by atoms with Crippen molar-refractivity contribution in [3.63, 3.8) is 0 Å². The molecule has 2 amide bonds. The second-order valence-corrected chi connectivity index (χ2v) is 13.6. The number of sulfonamides is 1. The van der Waals surface area contributed by atoms with Crippen LogP contribution < -0.4 is 20.7 Å². The molecule has 4 N–H and O–H groups in total. The Hall–Kier alpha value is -3.18. The van der Waals surface area contributed by atoms with Crippen molar-refractivity contribution in [1.29, 1.82) is 0 Å². The lowest BCUT2D eigenvalue weighted by Gasteiger charge is -2.27. The first-order chi connectivity index (χ1) is 19.4. The number of thioether (sulfide) groups is 1. The maximum Gasteiger partial charge on any atom is 0.249 e. The zero-order chi connectivity index (χ0) is 29.8. The van der Waals surface area contributed by atoms with Crippen molar-refractivity contribution < 1.29 is 18.0 Å². The van der Waals surface area contributed by atoms with E-state index in [1.54, 1.807) is 55.6 Å². The third-order valence-electron chi connectivity index (χ3n) is 6.91. The Balaban J connectivity index is 1.64. The summed E-state index contributed by atoms with van der Waals surface area (Å²) in [5, 5.41) is 2.93. The Labute approximate surface area is 247 Å². The number of carbonyl (C=O) groups is 2. The number of anilines is 1. The van der Waals surface area contributed by atoms with Crippen molar-refractivity contribution in [2.75, 3.05) is 17.7 Å². The molecular weight excluding hydrogens is 556 g/mol. The van der Waals surface area contributed by atoms with Crippen LogP contribution in [0.2, 0.25) is 0 Å². The number of carbonyl (C=O) groups excluding carboxylic acids is 2. The first-order valence-corrected chi connectivity index (χ1v) is 16.4. The molecule has 3 aromatic carbocycles. The van der Waals surface area contributed by atoms with E-state index in [2.05, 4.69) is 16.1 Å². The van der Waals surface area contributed by atoms with E-state index in [-0.39, 0.29) is 23.1 Å². The average molecular weight is 595 g/mol. The van der Waals surface area contributed by atoms with Gasteiger partial charge < -0.3 is 16.0 Å². The monoisotopic (exact) mass is 594 g/mol. The van der Waals surface area contributed by atoms with Gasteiger partial charge in [0, 0.05) is 34.7 Å². The molecular formula is C31H38N4O4S2. The first kappa shape index (κ1) is 30.8. The summed E-state index contributed by atoms with van der Waals surface area (Å²) in [5.41, 5.74) is 9.49. The number of amides is 2. The van der Waals surface area contributed by atoms with Crippen LogP contribution in [0.5, 0.6) is 0 Å². The number of hydrogen-bond donors (Lipinski definition) is 3. The van der Waals surface area contributed by atoms with Crippen LogP contribution in [-0.2, 0) is 32.6 Å². The molecule has 10 heteroatoms. The second kappa shape index (κ2) is 12.8. The van der Waals surface area contributed by atoms with Crippen molar-refractivity contribution in [3.05, 3.63) is 77.9 Å². The van der Waals surface area contributed by atoms with Gasteiger partial charge in [-0.3, -0.25) is 9.59 Å². The maximum atomic E-state index is 13.9. The number of nitrogens with zero attached hydrogens (tertiary/aromatic N) is 1. The minimum absolute atomic E-state index is 0.118. The van der Waals surface area contributed by atoms with Gasteiger partial charge in [0.15, 0.2) is 0 Å². The van der Waals surface area contributed by atoms with E-state index in [0.29, 0.717) is 31.5 Å². The first-order valence-electron chi connectivity index (χ1n) is 13.7. The summed E-state index contributed by atoms with van der Waals surface area (Å²) in [6.45, 7) is 5.91. The summed E-state index contributed by atoms with van der Waals surface area (Å²) >= 11 is 1.64. The molecule has 1 aliphatic heterocycles. The highest BCUT2D eigenvalue weighted by Gasteiger charge is 2.32. The number of hydrogen-bond acceptors (Lipinski definition) is 6. The normalized spacial score (nSPS) is 15.8. The Morgan fingerprint density at radius 2 is 1.80 bits per heavy atom. The molecule has 1 aliphatic rings. The molecule has 3 aromatic rings. The van der Waals surface area contributed by atoms with E-state index >= 15 is 0 Å². The van der Waals surface area contributed by atoms with Crippen molar-refractivity contribution in [1.82, 2.24) is 10.0 Å². The topological polar surface area (TPSA) is 122 Å². The van der Waals surface area contributed by atoms with Gasteiger partial charge in [0.25, 0.3) is 0 Å². The van der Waals surface area contributed by atoms with Gasteiger partial charge in [-0.05, 0) is 73.9 Å². The summed E-state index contributed by atoms with van der Waals surface area (Å²) in [5.74, 6) is -0.419. The Morgan fingerprint density at radius 1 is 1.10 bits per heavy atom. The fourth-order valence-corrected chi connectivity index (χ4v) is 6.75. The van der Waals surface area contributed by atoms with Crippen molar-refractivity contribution in [2.45, 2.75) is 68.0 Å². The van der Waals surface area contributed by atoms with E-state index in [1.807, 2.05) is 48.7 Å². The van der Waals surface area contributed by atoms with Crippen LogP contribution in [0.15, 0.2) is 76.5 Å². The number of aryl methyl sites for hydroxylation is 1. The maximum absolute atomic E-state index is 13.9. The number of nitrogens with one attached hydrogen (secondary N) is 2. The molecule has 0 spiro atoms. The zero-order valence-corrected chi connectivity index (χ0v) is 25.6. The summed E-state index contributed by atoms with van der Waals surface area (Å²) in [7, 11) is -3.65. The van der Waals surface area contributed by atoms with E-state index in [1.165, 1.54) is 0 Å². The SMILES string of the molecule is CCNS(=O)(=O)c1ccccc1-c1ccc(CN2C(=O)[C@H](NC(=O)CC(C)(C)N)CCc3cc(SC)ccc32)cc1. The Kier molecular flexibility index (Phi) is 9.59. The predicted octanol–water partition coefficient (Wildman–Crippen LogP) is 4.47. The van der Waals surface area contributed by atoms with Crippen LogP contribution in [-0.4, -0.2) is 44.6 Å². The molecule has 0 unspecified atom stereocenters. The van der Waals surface area contributed by atoms with Gasteiger partial charge in [-0.15, -0.1) is 11.8 Å². The molecule has 8 nitrogen and oxygen atoms in total. The molecule has 0 saturated heterocycles. The van der Waals surface area contributed by atoms with Crippen LogP contribution >= 0.6 is 11.8 Å². The molecule has 1 atom stereocenters. The van der Waals surface area contributed by atoms with Crippen LogP contribution in [0.4, 0.5) is 5.69 Å². The van der Waals surface area contributed by atoms with Crippen molar-refractivity contribution in [3.8, 4) is 11.1 Å². The lowest BCUT2D eigenvalue weighted by Crippen LogP contribution is -2.49. The van der Waals surface area contributed by atoms with E-state index < -0.39 is 21.6 Å². The molecule has 0 aromatic heterocycles. The van der Waals surface area contributed by atoms with E-state index in [4.69, 9.17) is 5.73 Å². The van der Waals surface area contributed by atoms with Gasteiger partial charge in [0.1, 0.15) is 6.04 Å². The van der Waals surface area contributed by atoms with Crippen LogP contribution in [0.1, 0.15) is 44.7 Å². The van der Waals surface area contributed by atoms with Gasteiger partial charge in [-0.1, -0.05) is 49.4 Å². The number of benzene rings is 3. The minimum Gasteiger partial charge on any atom is -0.344 e. The molecule has 0 fully saturated rings. The highest BCUT2D eigenvalue weighted by atomic mass is 32.2. The van der Waals surface area contributed by atoms with Crippen molar-refractivity contribution >= 4 is 39.3 Å². The van der Waals surface area contributed by atoms with Gasteiger partial charge in [-0.2, -0.15) is 0 Å². The fourth-order valence-electron chi connectivity index (χ4n) is 5.02. The average Bonchev–Trinajstić information content (AvgIpc) is 3.04. The van der Waals surface area contributed by atoms with Crippen LogP contribution in [0.3, 0.4) is 0 Å². The lowest BCUT2D eigenvalue weighted by atomic mass is 10.0. The quantitative estimate of drug-likeness (QED) is 0.298. The third kappa shape index (κ3) is 7.56. The van der Waals surface area contributed by atoms with Gasteiger partial charge >= 0.3 is 0 Å². The fraction of sp³-hybridized carbons (Fsp3) is 0.355.